The molecule has 196 valence electrons. The highest BCUT2D eigenvalue weighted by atomic mass is 35.5. The molecule has 0 bridgehead atoms. The molecule has 1 heterocycles. The summed E-state index contributed by atoms with van der Waals surface area (Å²) in [5.41, 5.74) is 0.804. The Labute approximate surface area is 222 Å². The van der Waals surface area contributed by atoms with E-state index in [9.17, 15) is 14.4 Å². The second kappa shape index (κ2) is 11.2. The molecule has 1 aromatic carbocycles. The van der Waals surface area contributed by atoms with Gasteiger partial charge in [0.15, 0.2) is 11.5 Å². The predicted molar refractivity (Wildman–Crippen MR) is 144 cm³/mol. The number of ether oxygens (including phenoxy) is 3. The predicted octanol–water partition coefficient (Wildman–Crippen LogP) is 5.81. The number of Topliss-reactive ketones (excluding diaryl/α,β-unsaturated/α-hetero) is 2. The van der Waals surface area contributed by atoms with Gasteiger partial charge >= 0.3 is 5.97 Å². The molecule has 3 rings (SSSR count). The van der Waals surface area contributed by atoms with Crippen molar-refractivity contribution in [3.05, 3.63) is 76.2 Å². The molecular formula is C29H32ClNO6. The first-order valence-corrected chi connectivity index (χ1v) is 12.3. The third-order valence-corrected chi connectivity index (χ3v) is 6.74. The van der Waals surface area contributed by atoms with Gasteiger partial charge in [-0.3, -0.25) is 14.4 Å². The number of benzene rings is 1. The third kappa shape index (κ3) is 5.57. The third-order valence-electron chi connectivity index (χ3n) is 6.37. The lowest BCUT2D eigenvalue weighted by Gasteiger charge is -2.35. The molecule has 0 spiro atoms. The highest BCUT2D eigenvalue weighted by Gasteiger charge is 2.52. The number of halogens is 1. The maximum absolute atomic E-state index is 13.5. The number of carbonyl (C=O) groups excluding carboxylic acids is 3. The minimum atomic E-state index is -2.04. The summed E-state index contributed by atoms with van der Waals surface area (Å²) >= 11 is 6.48. The average Bonchev–Trinajstić information content (AvgIpc) is 2.88. The quantitative estimate of drug-likeness (QED) is 0.241. The second-order valence-corrected chi connectivity index (χ2v) is 9.54. The van der Waals surface area contributed by atoms with E-state index in [1.807, 2.05) is 25.1 Å². The van der Waals surface area contributed by atoms with E-state index < -0.39 is 23.1 Å². The summed E-state index contributed by atoms with van der Waals surface area (Å²) in [6.45, 7) is 8.69. The number of hydrogen-bond donors (Lipinski definition) is 0. The Hall–Kier alpha value is -3.58. The molecule has 8 heteroatoms. The van der Waals surface area contributed by atoms with Gasteiger partial charge in [-0.25, -0.2) is 0 Å². The standard InChI is InChI=1S/C29H32ClNO6/c1-8-17(2)13-18(3)9-10-20-14-22-23(27(33)29(5,37-19(4)32)28(34)26(22)30)16-31(20)21-11-12-24(35-6)25(15-21)36-7/h9-17H,8H2,1-7H3/b10-9+,18-13+/t17-,29+/m0/s1. The van der Waals surface area contributed by atoms with Gasteiger partial charge in [-0.1, -0.05) is 49.6 Å². The molecule has 1 aliphatic heterocycles. The fourth-order valence-corrected chi connectivity index (χ4v) is 4.51. The summed E-state index contributed by atoms with van der Waals surface area (Å²) in [5, 5.41) is -0.167. The fourth-order valence-electron chi connectivity index (χ4n) is 4.17. The van der Waals surface area contributed by atoms with Crippen LogP contribution in [-0.2, 0) is 19.1 Å². The number of allylic oxidation sites excluding steroid dienone is 6. The van der Waals surface area contributed by atoms with Crippen molar-refractivity contribution >= 4 is 34.8 Å². The lowest BCUT2D eigenvalue weighted by molar-refractivity contribution is -0.167. The number of anilines is 1. The first-order chi connectivity index (χ1) is 17.5. The molecule has 0 radical (unpaired) electrons. The molecule has 0 aromatic heterocycles. The molecule has 0 saturated heterocycles. The lowest BCUT2D eigenvalue weighted by atomic mass is 9.79. The van der Waals surface area contributed by atoms with Gasteiger partial charge in [-0.15, -0.1) is 0 Å². The summed E-state index contributed by atoms with van der Waals surface area (Å²) < 4.78 is 16.0. The number of esters is 1. The van der Waals surface area contributed by atoms with Gasteiger partial charge in [-0.05, 0) is 44.1 Å². The summed E-state index contributed by atoms with van der Waals surface area (Å²) in [6.07, 6.45) is 10.3. The van der Waals surface area contributed by atoms with Crippen LogP contribution in [0.25, 0.3) is 0 Å². The zero-order valence-electron chi connectivity index (χ0n) is 22.2. The maximum atomic E-state index is 13.5. The smallest absolute Gasteiger partial charge is 0.304 e. The van der Waals surface area contributed by atoms with E-state index in [4.69, 9.17) is 25.8 Å². The van der Waals surface area contributed by atoms with Crippen LogP contribution in [-0.4, -0.2) is 37.4 Å². The minimum Gasteiger partial charge on any atom is -0.493 e. The van der Waals surface area contributed by atoms with Crippen LogP contribution in [0.2, 0.25) is 0 Å². The molecule has 0 fully saturated rings. The monoisotopic (exact) mass is 525 g/mol. The molecule has 0 N–H and O–H groups in total. The van der Waals surface area contributed by atoms with Crippen LogP contribution in [0.15, 0.2) is 76.2 Å². The van der Waals surface area contributed by atoms with E-state index in [1.54, 1.807) is 36.4 Å². The van der Waals surface area contributed by atoms with Crippen LogP contribution in [0.1, 0.15) is 41.0 Å². The zero-order chi connectivity index (χ0) is 27.5. The Bertz CT molecular complexity index is 1290. The summed E-state index contributed by atoms with van der Waals surface area (Å²) in [6, 6.07) is 5.36. The SMILES string of the molecule is CC[C@H](C)/C=C(C)/C=C/C1=CC2=C(Cl)C(=O)[C@](C)(OC(C)=O)C(=O)C2=CN1c1ccc(OC)c(OC)c1. The summed E-state index contributed by atoms with van der Waals surface area (Å²) in [7, 11) is 3.09. The Kier molecular flexibility index (Phi) is 8.49. The van der Waals surface area contributed by atoms with Gasteiger partial charge in [0, 0.05) is 41.7 Å². The van der Waals surface area contributed by atoms with E-state index in [-0.39, 0.29) is 16.2 Å². The van der Waals surface area contributed by atoms with Gasteiger partial charge in [0.2, 0.25) is 17.2 Å². The van der Waals surface area contributed by atoms with Crippen LogP contribution in [0.5, 0.6) is 11.5 Å². The van der Waals surface area contributed by atoms with E-state index in [1.165, 1.54) is 14.0 Å². The number of ketones is 2. The lowest BCUT2D eigenvalue weighted by Crippen LogP contribution is -2.52. The highest BCUT2D eigenvalue weighted by molar-refractivity contribution is 6.49. The molecule has 37 heavy (non-hydrogen) atoms. The normalized spacial score (nSPS) is 21.0. The molecule has 1 aliphatic carbocycles. The molecule has 0 amide bonds. The van der Waals surface area contributed by atoms with Crippen molar-refractivity contribution in [2.24, 2.45) is 5.92 Å². The van der Waals surface area contributed by atoms with Crippen molar-refractivity contribution in [1.82, 2.24) is 0 Å². The van der Waals surface area contributed by atoms with Crippen LogP contribution < -0.4 is 14.4 Å². The van der Waals surface area contributed by atoms with E-state index in [0.717, 1.165) is 18.9 Å². The highest BCUT2D eigenvalue weighted by Crippen LogP contribution is 2.42. The number of nitrogens with zero attached hydrogens (tertiary/aromatic N) is 1. The van der Waals surface area contributed by atoms with Crippen LogP contribution >= 0.6 is 11.6 Å². The first-order valence-electron chi connectivity index (χ1n) is 12.0. The van der Waals surface area contributed by atoms with E-state index >= 15 is 0 Å². The Morgan fingerprint density at radius 3 is 2.41 bits per heavy atom. The second-order valence-electron chi connectivity index (χ2n) is 9.16. The average molecular weight is 526 g/mol. The molecule has 0 unspecified atom stereocenters. The van der Waals surface area contributed by atoms with Gasteiger partial charge in [0.25, 0.3) is 0 Å². The Morgan fingerprint density at radius 2 is 1.81 bits per heavy atom. The Morgan fingerprint density at radius 1 is 1.14 bits per heavy atom. The first kappa shape index (κ1) is 28.0. The van der Waals surface area contributed by atoms with Crippen LogP contribution in [0, 0.1) is 5.92 Å². The number of methoxy groups -OCH3 is 2. The molecule has 2 atom stereocenters. The maximum Gasteiger partial charge on any atom is 0.304 e. The molecule has 1 aromatic rings. The minimum absolute atomic E-state index is 0.159. The summed E-state index contributed by atoms with van der Waals surface area (Å²) in [5.74, 6) is -0.687. The fraction of sp³-hybridized carbons (Fsp3) is 0.345. The van der Waals surface area contributed by atoms with E-state index in [2.05, 4.69) is 19.9 Å². The number of carbonyl (C=O) groups is 3. The van der Waals surface area contributed by atoms with Crippen molar-refractivity contribution < 1.29 is 28.6 Å². The van der Waals surface area contributed by atoms with Crippen molar-refractivity contribution in [2.45, 2.75) is 46.6 Å². The van der Waals surface area contributed by atoms with Crippen LogP contribution in [0.4, 0.5) is 5.69 Å². The van der Waals surface area contributed by atoms with Gasteiger partial charge in [-0.2, -0.15) is 0 Å². The van der Waals surface area contributed by atoms with Crippen LogP contribution in [0.3, 0.4) is 0 Å². The van der Waals surface area contributed by atoms with E-state index in [0.29, 0.717) is 28.8 Å². The van der Waals surface area contributed by atoms with Gasteiger partial charge in [0.05, 0.1) is 19.3 Å². The Balaban J connectivity index is 2.21. The zero-order valence-corrected chi connectivity index (χ0v) is 22.9. The van der Waals surface area contributed by atoms with Crippen molar-refractivity contribution in [2.75, 3.05) is 19.1 Å². The molecule has 7 nitrogen and oxygen atoms in total. The number of hydrogen-bond acceptors (Lipinski definition) is 7. The number of rotatable bonds is 8. The number of fused-ring (bicyclic) bond motifs is 1. The summed E-state index contributed by atoms with van der Waals surface area (Å²) in [4.78, 5) is 40.1. The van der Waals surface area contributed by atoms with Gasteiger partial charge in [0.1, 0.15) is 0 Å². The van der Waals surface area contributed by atoms with Gasteiger partial charge < -0.3 is 19.1 Å². The van der Waals surface area contributed by atoms with Crippen molar-refractivity contribution in [1.29, 1.82) is 0 Å². The van der Waals surface area contributed by atoms with Crippen molar-refractivity contribution in [3.63, 3.8) is 0 Å². The largest absolute Gasteiger partial charge is 0.493 e. The molecule has 0 saturated carbocycles. The molecular weight excluding hydrogens is 494 g/mol. The molecule has 2 aliphatic rings. The topological polar surface area (TPSA) is 82.1 Å². The van der Waals surface area contributed by atoms with Crippen molar-refractivity contribution in [3.8, 4) is 11.5 Å².